The first-order valence-corrected chi connectivity index (χ1v) is 5.55. The van der Waals surface area contributed by atoms with Crippen molar-refractivity contribution in [3.05, 3.63) is 0 Å². The van der Waals surface area contributed by atoms with Crippen LogP contribution in [0.25, 0.3) is 0 Å². The van der Waals surface area contributed by atoms with E-state index in [2.05, 4.69) is 31.4 Å². The Labute approximate surface area is 88.3 Å². The molecule has 86 valence electrons. The van der Waals surface area contributed by atoms with Gasteiger partial charge in [0.1, 0.15) is 0 Å². The minimum absolute atomic E-state index is 0.162. The van der Waals surface area contributed by atoms with Crippen LogP contribution in [0.3, 0.4) is 0 Å². The molecule has 3 N–H and O–H groups in total. The zero-order valence-corrected chi connectivity index (χ0v) is 10.1. The molecule has 0 rings (SSSR count). The fourth-order valence-corrected chi connectivity index (χ4v) is 1.17. The van der Waals surface area contributed by atoms with E-state index in [1.54, 1.807) is 0 Å². The van der Waals surface area contributed by atoms with E-state index in [4.69, 9.17) is 5.11 Å². The van der Waals surface area contributed by atoms with Crippen molar-refractivity contribution in [3.63, 3.8) is 0 Å². The number of nitrogens with one attached hydrogen (secondary N) is 2. The first-order valence-electron chi connectivity index (χ1n) is 5.55. The van der Waals surface area contributed by atoms with Crippen LogP contribution in [-0.2, 0) is 0 Å². The molecule has 1 atom stereocenters. The topological polar surface area (TPSA) is 44.3 Å². The molecule has 0 heterocycles. The lowest BCUT2D eigenvalue weighted by atomic mass is 10.1. The van der Waals surface area contributed by atoms with Crippen LogP contribution in [0.2, 0.25) is 0 Å². The van der Waals surface area contributed by atoms with Gasteiger partial charge < -0.3 is 15.7 Å². The maximum Gasteiger partial charge on any atom is 0.0512 e. The van der Waals surface area contributed by atoms with E-state index in [0.29, 0.717) is 0 Å². The Morgan fingerprint density at radius 3 is 2.29 bits per heavy atom. The van der Waals surface area contributed by atoms with E-state index in [0.717, 1.165) is 32.5 Å². The second kappa shape index (κ2) is 7.21. The van der Waals surface area contributed by atoms with E-state index in [1.807, 2.05) is 6.92 Å². The van der Waals surface area contributed by atoms with Crippen LogP contribution in [0.5, 0.6) is 0 Å². The van der Waals surface area contributed by atoms with Crippen molar-refractivity contribution < 1.29 is 5.11 Å². The average Bonchev–Trinajstić information content (AvgIpc) is 2.00. The number of aliphatic hydroxyl groups is 1. The molecule has 1 unspecified atom stereocenters. The van der Waals surface area contributed by atoms with Crippen LogP contribution in [0.15, 0.2) is 0 Å². The van der Waals surface area contributed by atoms with Crippen molar-refractivity contribution in [3.8, 4) is 0 Å². The van der Waals surface area contributed by atoms with Gasteiger partial charge in [-0.15, -0.1) is 0 Å². The molecule has 3 nitrogen and oxygen atoms in total. The molecule has 0 amide bonds. The SMILES string of the molecule is CC(O)CCCNCCNC(C)(C)C. The lowest BCUT2D eigenvalue weighted by molar-refractivity contribution is 0.181. The highest BCUT2D eigenvalue weighted by molar-refractivity contribution is 4.70. The highest BCUT2D eigenvalue weighted by atomic mass is 16.3. The van der Waals surface area contributed by atoms with Crippen molar-refractivity contribution in [1.82, 2.24) is 10.6 Å². The minimum Gasteiger partial charge on any atom is -0.393 e. The predicted molar refractivity (Wildman–Crippen MR) is 61.5 cm³/mol. The van der Waals surface area contributed by atoms with Gasteiger partial charge in [0.05, 0.1) is 6.10 Å². The van der Waals surface area contributed by atoms with Crippen LogP contribution in [0, 0.1) is 0 Å². The largest absolute Gasteiger partial charge is 0.393 e. The van der Waals surface area contributed by atoms with Crippen LogP contribution < -0.4 is 10.6 Å². The molecular weight excluding hydrogens is 176 g/mol. The van der Waals surface area contributed by atoms with Crippen molar-refractivity contribution in [1.29, 1.82) is 0 Å². The van der Waals surface area contributed by atoms with Gasteiger partial charge in [-0.1, -0.05) is 0 Å². The molecule has 0 aliphatic heterocycles. The fraction of sp³-hybridized carbons (Fsp3) is 1.00. The summed E-state index contributed by atoms with van der Waals surface area (Å²) >= 11 is 0. The van der Waals surface area contributed by atoms with E-state index in [9.17, 15) is 0 Å². The van der Waals surface area contributed by atoms with Crippen LogP contribution in [0.4, 0.5) is 0 Å². The summed E-state index contributed by atoms with van der Waals surface area (Å²) in [6.07, 6.45) is 1.77. The van der Waals surface area contributed by atoms with Gasteiger partial charge in [0.2, 0.25) is 0 Å². The zero-order chi connectivity index (χ0) is 11.0. The molecule has 0 aromatic rings. The molecule has 0 aliphatic carbocycles. The Kier molecular flexibility index (Phi) is 7.15. The first kappa shape index (κ1) is 13.9. The van der Waals surface area contributed by atoms with Gasteiger partial charge >= 0.3 is 0 Å². The normalized spacial score (nSPS) is 14.4. The highest BCUT2D eigenvalue weighted by Gasteiger charge is 2.06. The molecule has 0 bridgehead atoms. The van der Waals surface area contributed by atoms with Gasteiger partial charge in [0.15, 0.2) is 0 Å². The lowest BCUT2D eigenvalue weighted by Gasteiger charge is -2.20. The second-order valence-electron chi connectivity index (χ2n) is 4.92. The fourth-order valence-electron chi connectivity index (χ4n) is 1.17. The van der Waals surface area contributed by atoms with Gasteiger partial charge in [-0.2, -0.15) is 0 Å². The smallest absolute Gasteiger partial charge is 0.0512 e. The molecule has 3 heteroatoms. The summed E-state index contributed by atoms with van der Waals surface area (Å²) in [7, 11) is 0. The van der Waals surface area contributed by atoms with Crippen molar-refractivity contribution in [2.75, 3.05) is 19.6 Å². The Bertz CT molecular complexity index is 130. The molecule has 0 aromatic heterocycles. The number of hydrogen-bond donors (Lipinski definition) is 3. The summed E-state index contributed by atoms with van der Waals surface area (Å²) in [6.45, 7) is 11.3. The molecule has 0 saturated heterocycles. The van der Waals surface area contributed by atoms with Crippen molar-refractivity contribution in [2.45, 2.75) is 52.2 Å². The van der Waals surface area contributed by atoms with Gasteiger partial charge in [0, 0.05) is 18.6 Å². The maximum absolute atomic E-state index is 9.02. The summed E-state index contributed by atoms with van der Waals surface area (Å²) in [5.41, 5.74) is 0.210. The van der Waals surface area contributed by atoms with E-state index in [-0.39, 0.29) is 11.6 Å². The number of hydrogen-bond acceptors (Lipinski definition) is 3. The van der Waals surface area contributed by atoms with Crippen molar-refractivity contribution in [2.24, 2.45) is 0 Å². The molecule has 0 aromatic carbocycles. The standard InChI is InChI=1S/C11H26N2O/c1-10(14)6-5-7-12-8-9-13-11(2,3)4/h10,12-14H,5-9H2,1-4H3. The predicted octanol–water partition coefficient (Wildman–Crippen LogP) is 1.13. The average molecular weight is 202 g/mol. The maximum atomic E-state index is 9.02. The summed E-state index contributed by atoms with van der Waals surface area (Å²) in [4.78, 5) is 0. The van der Waals surface area contributed by atoms with E-state index in [1.165, 1.54) is 0 Å². The molecule has 0 saturated carbocycles. The quantitative estimate of drug-likeness (QED) is 0.542. The summed E-state index contributed by atoms with van der Waals surface area (Å²) in [5, 5.41) is 15.8. The molecule has 0 spiro atoms. The molecule has 14 heavy (non-hydrogen) atoms. The molecule has 0 fully saturated rings. The van der Waals surface area contributed by atoms with Gasteiger partial charge in [0.25, 0.3) is 0 Å². The van der Waals surface area contributed by atoms with Crippen LogP contribution in [-0.4, -0.2) is 36.4 Å². The minimum atomic E-state index is -0.162. The second-order valence-corrected chi connectivity index (χ2v) is 4.92. The van der Waals surface area contributed by atoms with Gasteiger partial charge in [-0.3, -0.25) is 0 Å². The van der Waals surface area contributed by atoms with Crippen LogP contribution >= 0.6 is 0 Å². The summed E-state index contributed by atoms with van der Waals surface area (Å²) in [6, 6.07) is 0. The summed E-state index contributed by atoms with van der Waals surface area (Å²) < 4.78 is 0. The Balaban J connectivity index is 3.07. The molecule has 0 aliphatic rings. The molecular formula is C11H26N2O. The Morgan fingerprint density at radius 1 is 1.14 bits per heavy atom. The Hall–Kier alpha value is -0.120. The lowest BCUT2D eigenvalue weighted by Crippen LogP contribution is -2.40. The van der Waals surface area contributed by atoms with Crippen LogP contribution in [0.1, 0.15) is 40.5 Å². The van der Waals surface area contributed by atoms with Crippen molar-refractivity contribution >= 4 is 0 Å². The highest BCUT2D eigenvalue weighted by Crippen LogP contribution is 1.96. The zero-order valence-electron chi connectivity index (χ0n) is 10.1. The monoisotopic (exact) mass is 202 g/mol. The third-order valence-corrected chi connectivity index (χ3v) is 1.93. The van der Waals surface area contributed by atoms with E-state index >= 15 is 0 Å². The third-order valence-electron chi connectivity index (χ3n) is 1.93. The molecule has 0 radical (unpaired) electrons. The Morgan fingerprint density at radius 2 is 1.79 bits per heavy atom. The van der Waals surface area contributed by atoms with Gasteiger partial charge in [-0.05, 0) is 47.1 Å². The van der Waals surface area contributed by atoms with Gasteiger partial charge in [-0.25, -0.2) is 0 Å². The number of rotatable bonds is 7. The first-order chi connectivity index (χ1) is 6.42. The number of aliphatic hydroxyl groups excluding tert-OH is 1. The van der Waals surface area contributed by atoms with E-state index < -0.39 is 0 Å². The third kappa shape index (κ3) is 11.9. The summed E-state index contributed by atoms with van der Waals surface area (Å²) in [5.74, 6) is 0.